The predicted octanol–water partition coefficient (Wildman–Crippen LogP) is -0.324. The maximum atomic E-state index is 11.7. The Hall–Kier alpha value is -1.92. The van der Waals surface area contributed by atoms with Gasteiger partial charge in [-0.05, 0) is 17.4 Å². The number of carbonyl (C=O) groups excluding carboxylic acids is 1. The van der Waals surface area contributed by atoms with Crippen molar-refractivity contribution in [2.75, 3.05) is 20.7 Å². The molecule has 0 aliphatic carbocycles. The summed E-state index contributed by atoms with van der Waals surface area (Å²) in [5.41, 5.74) is 0.333. The van der Waals surface area contributed by atoms with Crippen molar-refractivity contribution in [2.24, 2.45) is 7.05 Å². The highest BCUT2D eigenvalue weighted by molar-refractivity contribution is 6.15. The summed E-state index contributed by atoms with van der Waals surface area (Å²) in [6.07, 6.45) is 1.63. The van der Waals surface area contributed by atoms with Gasteiger partial charge in [0.1, 0.15) is 5.57 Å². The van der Waals surface area contributed by atoms with E-state index in [0.717, 1.165) is 0 Å². The first kappa shape index (κ1) is 12.2. The predicted molar refractivity (Wildman–Crippen MR) is 57.1 cm³/mol. The molecule has 0 radical (unpaired) electrons. The summed E-state index contributed by atoms with van der Waals surface area (Å²) in [6, 6.07) is 0. The standard InChI is InChI=1S/C9H15N5O2/c1-5-16-9(15)7(6-13(2)3)8-10-11-12-14(8)4/h6H,5H2,1-4H3/b7-6-. The Morgan fingerprint density at radius 1 is 1.56 bits per heavy atom. The molecule has 0 aromatic carbocycles. The van der Waals surface area contributed by atoms with E-state index in [1.165, 1.54) is 4.68 Å². The summed E-state index contributed by atoms with van der Waals surface area (Å²) in [6.45, 7) is 2.06. The molecule has 0 spiro atoms. The lowest BCUT2D eigenvalue weighted by Crippen LogP contribution is -2.14. The lowest BCUT2D eigenvalue weighted by atomic mass is 10.2. The van der Waals surface area contributed by atoms with Gasteiger partial charge in [0.15, 0.2) is 5.82 Å². The van der Waals surface area contributed by atoms with Crippen LogP contribution in [0.25, 0.3) is 5.57 Å². The monoisotopic (exact) mass is 225 g/mol. The molecule has 88 valence electrons. The highest BCUT2D eigenvalue weighted by atomic mass is 16.5. The quantitative estimate of drug-likeness (QED) is 0.516. The Balaban J connectivity index is 3.07. The van der Waals surface area contributed by atoms with Crippen molar-refractivity contribution in [3.05, 3.63) is 12.0 Å². The van der Waals surface area contributed by atoms with Gasteiger partial charge in [0, 0.05) is 27.3 Å². The number of rotatable bonds is 4. The van der Waals surface area contributed by atoms with Gasteiger partial charge in [0.2, 0.25) is 0 Å². The molecule has 1 rings (SSSR count). The van der Waals surface area contributed by atoms with Crippen molar-refractivity contribution in [1.29, 1.82) is 0 Å². The SMILES string of the molecule is CCOC(=O)/C(=C\N(C)C)c1nnnn1C. The second-order valence-electron chi connectivity index (χ2n) is 3.35. The Bertz CT molecular complexity index is 396. The largest absolute Gasteiger partial charge is 0.462 e. The highest BCUT2D eigenvalue weighted by Gasteiger charge is 2.19. The van der Waals surface area contributed by atoms with E-state index in [1.54, 1.807) is 25.1 Å². The third-order valence-corrected chi connectivity index (χ3v) is 1.74. The lowest BCUT2D eigenvalue weighted by Gasteiger charge is -2.09. The van der Waals surface area contributed by atoms with Gasteiger partial charge in [0.05, 0.1) is 6.61 Å². The van der Waals surface area contributed by atoms with Crippen molar-refractivity contribution in [2.45, 2.75) is 6.92 Å². The lowest BCUT2D eigenvalue weighted by molar-refractivity contribution is -0.136. The molecule has 0 amide bonds. The fourth-order valence-corrected chi connectivity index (χ4v) is 1.13. The number of aromatic nitrogens is 4. The molecule has 1 aromatic rings. The number of hydrogen-bond donors (Lipinski definition) is 0. The van der Waals surface area contributed by atoms with Crippen molar-refractivity contribution in [1.82, 2.24) is 25.1 Å². The van der Waals surface area contributed by atoms with Crippen molar-refractivity contribution >= 4 is 11.5 Å². The first-order valence-corrected chi connectivity index (χ1v) is 4.84. The van der Waals surface area contributed by atoms with Gasteiger partial charge < -0.3 is 9.64 Å². The van der Waals surface area contributed by atoms with E-state index in [0.29, 0.717) is 18.0 Å². The summed E-state index contributed by atoms with van der Waals surface area (Å²) < 4.78 is 6.36. The normalized spacial score (nSPS) is 11.4. The van der Waals surface area contributed by atoms with E-state index in [-0.39, 0.29) is 0 Å². The van der Waals surface area contributed by atoms with Gasteiger partial charge in [-0.25, -0.2) is 9.48 Å². The van der Waals surface area contributed by atoms with Crippen molar-refractivity contribution in [3.8, 4) is 0 Å². The maximum absolute atomic E-state index is 11.7. The van der Waals surface area contributed by atoms with Gasteiger partial charge >= 0.3 is 5.97 Å². The van der Waals surface area contributed by atoms with E-state index in [2.05, 4.69) is 15.5 Å². The van der Waals surface area contributed by atoms with Crippen LogP contribution in [0.5, 0.6) is 0 Å². The molecule has 0 saturated carbocycles. The number of esters is 1. The zero-order valence-corrected chi connectivity index (χ0v) is 9.84. The van der Waals surface area contributed by atoms with Crippen LogP contribution >= 0.6 is 0 Å². The van der Waals surface area contributed by atoms with Gasteiger partial charge in [-0.1, -0.05) is 0 Å². The first-order chi connectivity index (χ1) is 7.56. The fourth-order valence-electron chi connectivity index (χ4n) is 1.13. The van der Waals surface area contributed by atoms with E-state index in [4.69, 9.17) is 4.74 Å². The topological polar surface area (TPSA) is 73.1 Å². The molecule has 7 heteroatoms. The third-order valence-electron chi connectivity index (χ3n) is 1.74. The zero-order valence-electron chi connectivity index (χ0n) is 9.84. The molecule has 0 atom stereocenters. The number of nitrogens with zero attached hydrogens (tertiary/aromatic N) is 5. The van der Waals surface area contributed by atoms with Crippen LogP contribution in [-0.4, -0.2) is 51.8 Å². The van der Waals surface area contributed by atoms with E-state index in [1.807, 2.05) is 14.1 Å². The van der Waals surface area contributed by atoms with E-state index >= 15 is 0 Å². The Labute approximate surface area is 93.7 Å². The molecule has 1 heterocycles. The molecular weight excluding hydrogens is 210 g/mol. The molecule has 0 aliphatic rings. The van der Waals surface area contributed by atoms with Crippen LogP contribution in [0.1, 0.15) is 12.7 Å². The number of tetrazole rings is 1. The Morgan fingerprint density at radius 3 is 2.69 bits per heavy atom. The van der Waals surface area contributed by atoms with Crippen LogP contribution in [0.15, 0.2) is 6.20 Å². The number of ether oxygens (including phenoxy) is 1. The van der Waals surface area contributed by atoms with E-state index < -0.39 is 5.97 Å². The molecule has 0 fully saturated rings. The van der Waals surface area contributed by atoms with Crippen LogP contribution < -0.4 is 0 Å². The third kappa shape index (κ3) is 2.78. The highest BCUT2D eigenvalue weighted by Crippen LogP contribution is 2.12. The van der Waals surface area contributed by atoms with Gasteiger partial charge in [-0.15, -0.1) is 5.10 Å². The van der Waals surface area contributed by atoms with Crippen LogP contribution in [0.3, 0.4) is 0 Å². The van der Waals surface area contributed by atoms with Gasteiger partial charge in [-0.3, -0.25) is 0 Å². The van der Waals surface area contributed by atoms with Crippen LogP contribution in [-0.2, 0) is 16.6 Å². The van der Waals surface area contributed by atoms with Crippen molar-refractivity contribution < 1.29 is 9.53 Å². The average Bonchev–Trinajstić information content (AvgIpc) is 2.61. The first-order valence-electron chi connectivity index (χ1n) is 4.84. The number of hydrogen-bond acceptors (Lipinski definition) is 6. The molecule has 0 bridgehead atoms. The molecule has 0 unspecified atom stereocenters. The molecule has 1 aromatic heterocycles. The minimum Gasteiger partial charge on any atom is -0.462 e. The smallest absolute Gasteiger partial charge is 0.343 e. The maximum Gasteiger partial charge on any atom is 0.343 e. The number of carbonyl (C=O) groups is 1. The average molecular weight is 225 g/mol. The molecule has 16 heavy (non-hydrogen) atoms. The zero-order chi connectivity index (χ0) is 12.1. The van der Waals surface area contributed by atoms with Gasteiger partial charge in [0.25, 0.3) is 0 Å². The number of aryl methyl sites for hydroxylation is 1. The molecular formula is C9H15N5O2. The minimum absolute atomic E-state index is 0.314. The minimum atomic E-state index is -0.436. The molecule has 0 aliphatic heterocycles. The summed E-state index contributed by atoms with van der Waals surface area (Å²) >= 11 is 0. The Kier molecular flexibility index (Phi) is 3.98. The molecule has 0 N–H and O–H groups in total. The summed E-state index contributed by atoms with van der Waals surface area (Å²) in [4.78, 5) is 13.4. The second kappa shape index (κ2) is 5.24. The fraction of sp³-hybridized carbons (Fsp3) is 0.556. The summed E-state index contributed by atoms with van der Waals surface area (Å²) in [5.74, 6) is -0.0544. The molecule has 0 saturated heterocycles. The van der Waals surface area contributed by atoms with Crippen LogP contribution in [0, 0.1) is 0 Å². The van der Waals surface area contributed by atoms with Crippen LogP contribution in [0.2, 0.25) is 0 Å². The second-order valence-corrected chi connectivity index (χ2v) is 3.35. The Morgan fingerprint density at radius 2 is 2.25 bits per heavy atom. The van der Waals surface area contributed by atoms with Crippen molar-refractivity contribution in [3.63, 3.8) is 0 Å². The summed E-state index contributed by atoms with van der Waals surface area (Å²) in [7, 11) is 5.28. The van der Waals surface area contributed by atoms with Crippen LogP contribution in [0.4, 0.5) is 0 Å². The van der Waals surface area contributed by atoms with Gasteiger partial charge in [-0.2, -0.15) is 0 Å². The summed E-state index contributed by atoms with van der Waals surface area (Å²) in [5, 5.41) is 10.9. The molecule has 7 nitrogen and oxygen atoms in total. The van der Waals surface area contributed by atoms with E-state index in [9.17, 15) is 4.79 Å².